The van der Waals surface area contributed by atoms with Gasteiger partial charge >= 0.3 is 0 Å². The molecule has 0 saturated carbocycles. The fourth-order valence-electron chi connectivity index (χ4n) is 2.67. The second-order valence-corrected chi connectivity index (χ2v) is 7.25. The summed E-state index contributed by atoms with van der Waals surface area (Å²) in [5, 5.41) is 3.04. The Morgan fingerprint density at radius 2 is 1.20 bits per heavy atom. The monoisotopic (exact) mass is 347 g/mol. The van der Waals surface area contributed by atoms with Gasteiger partial charge in [-0.05, 0) is 30.2 Å². The fourth-order valence-corrected chi connectivity index (χ4v) is 3.56. The molecule has 1 N–H and O–H groups in total. The zero-order chi connectivity index (χ0) is 17.5. The number of carbonyl (C=O) groups excluding carboxylic acids is 1. The van der Waals surface area contributed by atoms with E-state index >= 15 is 0 Å². The Morgan fingerprint density at radius 3 is 1.68 bits per heavy atom. The van der Waals surface area contributed by atoms with Crippen LogP contribution in [-0.4, -0.2) is 11.2 Å². The van der Waals surface area contributed by atoms with Gasteiger partial charge in [0.2, 0.25) is 5.91 Å². The second-order valence-electron chi connectivity index (χ2n) is 5.84. The van der Waals surface area contributed by atoms with Crippen LogP contribution in [0.2, 0.25) is 0 Å². The minimum Gasteiger partial charge on any atom is -0.344 e. The average Bonchev–Trinajstić information content (AvgIpc) is 2.68. The lowest BCUT2D eigenvalue weighted by molar-refractivity contribution is -0.120. The zero-order valence-electron chi connectivity index (χ0n) is 14.1. The Bertz CT molecular complexity index is 751. The smallest absolute Gasteiger partial charge is 0.233 e. The number of carbonyl (C=O) groups is 1. The minimum atomic E-state index is -0.169. The Balaban J connectivity index is 1.77. The minimum absolute atomic E-state index is 0.0339. The van der Waals surface area contributed by atoms with Crippen LogP contribution in [0.15, 0.2) is 95.9 Å². The van der Waals surface area contributed by atoms with Gasteiger partial charge in [-0.25, -0.2) is 0 Å². The summed E-state index contributed by atoms with van der Waals surface area (Å²) in [5.41, 5.74) is 2.16. The summed E-state index contributed by atoms with van der Waals surface area (Å²) in [5.74, 6) is 0.0339. The van der Waals surface area contributed by atoms with Crippen LogP contribution in [-0.2, 0) is 4.79 Å². The number of hydrogen-bond acceptors (Lipinski definition) is 2. The molecule has 3 rings (SSSR count). The van der Waals surface area contributed by atoms with E-state index in [0.717, 1.165) is 16.0 Å². The molecule has 0 aliphatic heterocycles. The predicted molar refractivity (Wildman–Crippen MR) is 105 cm³/mol. The maximum atomic E-state index is 12.8. The normalized spacial score (nSPS) is 11.9. The van der Waals surface area contributed by atoms with E-state index in [1.165, 1.54) is 0 Å². The van der Waals surface area contributed by atoms with Crippen LogP contribution in [0.5, 0.6) is 0 Å². The zero-order valence-corrected chi connectivity index (χ0v) is 14.9. The average molecular weight is 347 g/mol. The summed E-state index contributed by atoms with van der Waals surface area (Å²) in [6, 6.07) is 30.0. The van der Waals surface area contributed by atoms with Crippen molar-refractivity contribution in [2.24, 2.45) is 0 Å². The molecule has 0 aliphatic rings. The van der Waals surface area contributed by atoms with Crippen molar-refractivity contribution >= 4 is 17.7 Å². The van der Waals surface area contributed by atoms with Gasteiger partial charge in [0.05, 0.1) is 11.3 Å². The summed E-state index contributed by atoms with van der Waals surface area (Å²) in [6.45, 7) is 1.94. The number of rotatable bonds is 6. The number of thioether (sulfide) groups is 1. The van der Waals surface area contributed by atoms with Crippen molar-refractivity contribution in [1.29, 1.82) is 0 Å². The van der Waals surface area contributed by atoms with Gasteiger partial charge in [0, 0.05) is 4.90 Å². The number of nitrogens with one attached hydrogen (secondary N) is 1. The molecule has 0 heterocycles. The molecule has 0 fully saturated rings. The van der Waals surface area contributed by atoms with Crippen molar-refractivity contribution in [3.05, 3.63) is 102 Å². The van der Waals surface area contributed by atoms with Gasteiger partial charge in [-0.1, -0.05) is 78.9 Å². The van der Waals surface area contributed by atoms with Crippen LogP contribution in [0.3, 0.4) is 0 Å². The van der Waals surface area contributed by atoms with Crippen LogP contribution in [0, 0.1) is 0 Å². The summed E-state index contributed by atoms with van der Waals surface area (Å²) in [6.07, 6.45) is 0. The lowest BCUT2D eigenvalue weighted by Gasteiger charge is -2.22. The molecule has 2 nitrogen and oxygen atoms in total. The number of amides is 1. The molecular weight excluding hydrogens is 326 g/mol. The maximum absolute atomic E-state index is 12.8. The van der Waals surface area contributed by atoms with E-state index in [4.69, 9.17) is 0 Å². The van der Waals surface area contributed by atoms with Crippen molar-refractivity contribution in [1.82, 2.24) is 5.32 Å². The third-order valence-corrected chi connectivity index (χ3v) is 5.09. The van der Waals surface area contributed by atoms with Gasteiger partial charge in [-0.15, -0.1) is 11.8 Å². The summed E-state index contributed by atoms with van der Waals surface area (Å²) in [7, 11) is 0. The third-order valence-electron chi connectivity index (χ3n) is 3.98. The van der Waals surface area contributed by atoms with E-state index < -0.39 is 0 Å². The highest BCUT2D eigenvalue weighted by atomic mass is 32.2. The van der Waals surface area contributed by atoms with Crippen LogP contribution >= 0.6 is 11.8 Å². The van der Waals surface area contributed by atoms with Crippen LogP contribution in [0.1, 0.15) is 24.1 Å². The van der Waals surface area contributed by atoms with E-state index in [1.54, 1.807) is 11.8 Å². The van der Waals surface area contributed by atoms with Crippen LogP contribution < -0.4 is 5.32 Å². The van der Waals surface area contributed by atoms with E-state index in [2.05, 4.69) is 5.32 Å². The molecule has 3 heteroatoms. The van der Waals surface area contributed by atoms with Gasteiger partial charge in [-0.2, -0.15) is 0 Å². The number of hydrogen-bond donors (Lipinski definition) is 1. The first-order valence-electron chi connectivity index (χ1n) is 8.36. The molecular formula is C22H21NOS. The van der Waals surface area contributed by atoms with Crippen molar-refractivity contribution in [2.75, 3.05) is 0 Å². The summed E-state index contributed by atoms with van der Waals surface area (Å²) in [4.78, 5) is 13.9. The molecule has 0 aliphatic carbocycles. The highest BCUT2D eigenvalue weighted by molar-refractivity contribution is 8.00. The molecule has 0 radical (unpaired) electrons. The Morgan fingerprint density at radius 1 is 0.760 bits per heavy atom. The molecule has 0 saturated heterocycles. The quantitative estimate of drug-likeness (QED) is 0.631. The van der Waals surface area contributed by atoms with E-state index in [9.17, 15) is 4.79 Å². The van der Waals surface area contributed by atoms with Crippen LogP contribution in [0.25, 0.3) is 0 Å². The lowest BCUT2D eigenvalue weighted by atomic mass is 9.98. The molecule has 1 atom stereocenters. The Labute approximate surface area is 153 Å². The van der Waals surface area contributed by atoms with Crippen molar-refractivity contribution in [2.45, 2.75) is 23.1 Å². The van der Waals surface area contributed by atoms with Crippen molar-refractivity contribution in [3.8, 4) is 0 Å². The SMILES string of the molecule is CC(Sc1ccccc1)C(=O)NC(c1ccccc1)c1ccccc1. The molecule has 1 amide bonds. The van der Waals surface area contributed by atoms with E-state index in [-0.39, 0.29) is 17.2 Å². The van der Waals surface area contributed by atoms with Crippen LogP contribution in [0.4, 0.5) is 0 Å². The highest BCUT2D eigenvalue weighted by Gasteiger charge is 2.21. The van der Waals surface area contributed by atoms with Gasteiger partial charge in [0.15, 0.2) is 0 Å². The molecule has 1 unspecified atom stereocenters. The standard InChI is InChI=1S/C22H21NOS/c1-17(25-20-15-9-4-10-16-20)22(24)23-21(18-11-5-2-6-12-18)19-13-7-3-8-14-19/h2-17,21H,1H3,(H,23,24). The molecule has 0 bridgehead atoms. The maximum Gasteiger partial charge on any atom is 0.233 e. The van der Waals surface area contributed by atoms with Gasteiger partial charge < -0.3 is 5.32 Å². The molecule has 25 heavy (non-hydrogen) atoms. The van der Waals surface area contributed by atoms with Gasteiger partial charge in [0.1, 0.15) is 0 Å². The Kier molecular flexibility index (Phi) is 5.91. The second kappa shape index (κ2) is 8.54. The van der Waals surface area contributed by atoms with E-state index in [1.807, 2.05) is 97.9 Å². The molecule has 3 aromatic rings. The van der Waals surface area contributed by atoms with Gasteiger partial charge in [0.25, 0.3) is 0 Å². The fraction of sp³-hybridized carbons (Fsp3) is 0.136. The first-order chi connectivity index (χ1) is 12.2. The molecule has 0 aromatic heterocycles. The van der Waals surface area contributed by atoms with E-state index in [0.29, 0.717) is 0 Å². The largest absolute Gasteiger partial charge is 0.344 e. The first-order valence-corrected chi connectivity index (χ1v) is 9.24. The topological polar surface area (TPSA) is 29.1 Å². The lowest BCUT2D eigenvalue weighted by Crippen LogP contribution is -2.34. The Hall–Kier alpha value is -2.52. The molecule has 0 spiro atoms. The number of benzene rings is 3. The van der Waals surface area contributed by atoms with Crippen molar-refractivity contribution < 1.29 is 4.79 Å². The predicted octanol–water partition coefficient (Wildman–Crippen LogP) is 5.07. The van der Waals surface area contributed by atoms with Crippen molar-refractivity contribution in [3.63, 3.8) is 0 Å². The summed E-state index contributed by atoms with van der Waals surface area (Å²) < 4.78 is 0. The molecule has 126 valence electrons. The highest BCUT2D eigenvalue weighted by Crippen LogP contribution is 2.26. The van der Waals surface area contributed by atoms with Gasteiger partial charge in [-0.3, -0.25) is 4.79 Å². The third kappa shape index (κ3) is 4.74. The summed E-state index contributed by atoms with van der Waals surface area (Å²) >= 11 is 1.57. The molecule has 3 aromatic carbocycles. The first kappa shape index (κ1) is 17.3.